The van der Waals surface area contributed by atoms with E-state index in [1.54, 1.807) is 0 Å². The highest BCUT2D eigenvalue weighted by Gasteiger charge is 1.92. The minimum absolute atomic E-state index is 0.889. The summed E-state index contributed by atoms with van der Waals surface area (Å²) in [4.78, 5) is 0. The Balaban J connectivity index is 0.000000187. The van der Waals surface area contributed by atoms with Crippen LogP contribution in [0.4, 0.5) is 0 Å². The topological polar surface area (TPSA) is 33.3 Å². The molecule has 1 aliphatic heterocycles. The SMILES string of the molecule is C1COCCN1.CCNCC. The smallest absolute Gasteiger partial charge is 0.0591 e. The molecule has 1 fully saturated rings. The molecule has 1 aliphatic rings. The summed E-state index contributed by atoms with van der Waals surface area (Å²) in [7, 11) is 0. The Labute approximate surface area is 69.5 Å². The maximum atomic E-state index is 5.01. The molecule has 2 N–H and O–H groups in total. The molecule has 1 heterocycles. The second-order valence-corrected chi connectivity index (χ2v) is 2.32. The van der Waals surface area contributed by atoms with Crippen LogP contribution in [0.25, 0.3) is 0 Å². The fraction of sp³-hybridized carbons (Fsp3) is 1.00. The molecule has 0 atom stereocenters. The molecule has 0 bridgehead atoms. The van der Waals surface area contributed by atoms with Crippen LogP contribution in [0, 0.1) is 0 Å². The van der Waals surface area contributed by atoms with E-state index in [2.05, 4.69) is 24.5 Å². The standard InChI is InChI=1S/C4H9NO.C4H11N/c1-3-6-4-2-5-1;1-3-5-4-2/h5H,1-4H2;5H,3-4H2,1-2H3. The third-order valence-electron chi connectivity index (χ3n) is 1.35. The van der Waals surface area contributed by atoms with Crippen molar-refractivity contribution in [3.63, 3.8) is 0 Å². The number of rotatable bonds is 2. The van der Waals surface area contributed by atoms with Gasteiger partial charge < -0.3 is 15.4 Å². The zero-order chi connectivity index (χ0) is 8.36. The van der Waals surface area contributed by atoms with E-state index in [-0.39, 0.29) is 0 Å². The van der Waals surface area contributed by atoms with Gasteiger partial charge in [0.1, 0.15) is 0 Å². The molecule has 3 heteroatoms. The third-order valence-corrected chi connectivity index (χ3v) is 1.35. The zero-order valence-corrected chi connectivity index (χ0v) is 7.65. The highest BCUT2D eigenvalue weighted by molar-refractivity contribution is 4.49. The van der Waals surface area contributed by atoms with Crippen LogP contribution in [0.5, 0.6) is 0 Å². The zero-order valence-electron chi connectivity index (χ0n) is 7.65. The molecule has 3 nitrogen and oxygen atoms in total. The number of hydrogen-bond donors (Lipinski definition) is 2. The first-order valence-corrected chi connectivity index (χ1v) is 4.41. The fourth-order valence-corrected chi connectivity index (χ4v) is 0.766. The maximum absolute atomic E-state index is 5.01. The molecule has 1 rings (SSSR count). The molecular formula is C8H20N2O. The Bertz CT molecular complexity index is 51.6. The predicted molar refractivity (Wildman–Crippen MR) is 47.9 cm³/mol. The Kier molecular flexibility index (Phi) is 9.77. The highest BCUT2D eigenvalue weighted by Crippen LogP contribution is 1.76. The number of morpholine rings is 1. The van der Waals surface area contributed by atoms with Crippen molar-refractivity contribution in [2.75, 3.05) is 39.4 Å². The number of ether oxygens (including phenoxy) is 1. The minimum atomic E-state index is 0.889. The van der Waals surface area contributed by atoms with Crippen molar-refractivity contribution < 1.29 is 4.74 Å². The Morgan fingerprint density at radius 3 is 1.82 bits per heavy atom. The van der Waals surface area contributed by atoms with Crippen molar-refractivity contribution in [3.05, 3.63) is 0 Å². The summed E-state index contributed by atoms with van der Waals surface area (Å²) >= 11 is 0. The number of nitrogens with one attached hydrogen (secondary N) is 2. The van der Waals surface area contributed by atoms with Gasteiger partial charge in [-0.3, -0.25) is 0 Å². The van der Waals surface area contributed by atoms with Crippen molar-refractivity contribution in [3.8, 4) is 0 Å². The lowest BCUT2D eigenvalue weighted by molar-refractivity contribution is 0.109. The van der Waals surface area contributed by atoms with Gasteiger partial charge in [0, 0.05) is 13.1 Å². The summed E-state index contributed by atoms with van der Waals surface area (Å²) in [6.45, 7) is 10.2. The van der Waals surface area contributed by atoms with Gasteiger partial charge in [0.15, 0.2) is 0 Å². The second-order valence-electron chi connectivity index (χ2n) is 2.32. The van der Waals surface area contributed by atoms with E-state index in [1.807, 2.05) is 0 Å². The van der Waals surface area contributed by atoms with Gasteiger partial charge in [-0.2, -0.15) is 0 Å². The van der Waals surface area contributed by atoms with Gasteiger partial charge in [0.25, 0.3) is 0 Å². The summed E-state index contributed by atoms with van der Waals surface area (Å²) in [6.07, 6.45) is 0. The van der Waals surface area contributed by atoms with Crippen LogP contribution in [-0.4, -0.2) is 39.4 Å². The molecule has 0 radical (unpaired) electrons. The van der Waals surface area contributed by atoms with Gasteiger partial charge in [-0.25, -0.2) is 0 Å². The maximum Gasteiger partial charge on any atom is 0.0591 e. The van der Waals surface area contributed by atoms with Crippen LogP contribution in [0.2, 0.25) is 0 Å². The molecule has 0 unspecified atom stereocenters. The van der Waals surface area contributed by atoms with Crippen molar-refractivity contribution in [1.29, 1.82) is 0 Å². The average molecular weight is 160 g/mol. The lowest BCUT2D eigenvalue weighted by atomic mass is 10.5. The molecule has 0 aromatic carbocycles. The van der Waals surface area contributed by atoms with Crippen LogP contribution in [0.1, 0.15) is 13.8 Å². The van der Waals surface area contributed by atoms with E-state index in [9.17, 15) is 0 Å². The van der Waals surface area contributed by atoms with E-state index >= 15 is 0 Å². The van der Waals surface area contributed by atoms with E-state index < -0.39 is 0 Å². The van der Waals surface area contributed by atoms with Gasteiger partial charge >= 0.3 is 0 Å². The molecular weight excluding hydrogens is 140 g/mol. The Morgan fingerprint density at radius 2 is 1.73 bits per heavy atom. The van der Waals surface area contributed by atoms with Crippen molar-refractivity contribution in [1.82, 2.24) is 10.6 Å². The summed E-state index contributed by atoms with van der Waals surface area (Å²) < 4.78 is 5.01. The quantitative estimate of drug-likeness (QED) is 0.606. The largest absolute Gasteiger partial charge is 0.379 e. The Morgan fingerprint density at radius 1 is 1.18 bits per heavy atom. The Hall–Kier alpha value is -0.120. The molecule has 0 amide bonds. The monoisotopic (exact) mass is 160 g/mol. The predicted octanol–water partition coefficient (Wildman–Crippen LogP) is 0.222. The van der Waals surface area contributed by atoms with Gasteiger partial charge in [-0.1, -0.05) is 13.8 Å². The van der Waals surface area contributed by atoms with Crippen LogP contribution in [0.15, 0.2) is 0 Å². The van der Waals surface area contributed by atoms with Crippen LogP contribution in [0.3, 0.4) is 0 Å². The lowest BCUT2D eigenvalue weighted by Gasteiger charge is -2.10. The molecule has 0 aromatic rings. The van der Waals surface area contributed by atoms with E-state index in [4.69, 9.17) is 4.74 Å². The fourth-order valence-electron chi connectivity index (χ4n) is 0.766. The average Bonchev–Trinajstić information content (AvgIpc) is 2.10. The van der Waals surface area contributed by atoms with Crippen molar-refractivity contribution in [2.24, 2.45) is 0 Å². The first kappa shape index (κ1) is 10.9. The van der Waals surface area contributed by atoms with Crippen molar-refractivity contribution in [2.45, 2.75) is 13.8 Å². The third kappa shape index (κ3) is 9.88. The first-order valence-electron chi connectivity index (χ1n) is 4.41. The molecule has 0 spiro atoms. The van der Waals surface area contributed by atoms with Crippen molar-refractivity contribution >= 4 is 0 Å². The second kappa shape index (κ2) is 9.88. The van der Waals surface area contributed by atoms with Crippen LogP contribution >= 0.6 is 0 Å². The molecule has 0 aromatic heterocycles. The summed E-state index contributed by atoms with van der Waals surface area (Å²) in [6, 6.07) is 0. The van der Waals surface area contributed by atoms with E-state index in [0.29, 0.717) is 0 Å². The normalized spacial score (nSPS) is 16.9. The first-order chi connectivity index (χ1) is 5.41. The summed E-state index contributed by atoms with van der Waals surface area (Å²) in [5.41, 5.74) is 0. The summed E-state index contributed by atoms with van der Waals surface area (Å²) in [5, 5.41) is 6.27. The molecule has 0 aliphatic carbocycles. The van der Waals surface area contributed by atoms with Crippen LogP contribution < -0.4 is 10.6 Å². The summed E-state index contributed by atoms with van der Waals surface area (Å²) in [5.74, 6) is 0. The van der Waals surface area contributed by atoms with Gasteiger partial charge in [0.05, 0.1) is 13.2 Å². The number of hydrogen-bond acceptors (Lipinski definition) is 3. The lowest BCUT2D eigenvalue weighted by Crippen LogP contribution is -2.30. The van der Waals surface area contributed by atoms with Gasteiger partial charge in [-0.15, -0.1) is 0 Å². The van der Waals surface area contributed by atoms with Gasteiger partial charge in [0.2, 0.25) is 0 Å². The van der Waals surface area contributed by atoms with Gasteiger partial charge in [-0.05, 0) is 13.1 Å². The molecule has 0 saturated carbocycles. The molecule has 68 valence electrons. The molecule has 1 saturated heterocycles. The van der Waals surface area contributed by atoms with Crippen LogP contribution in [-0.2, 0) is 4.74 Å². The highest BCUT2D eigenvalue weighted by atomic mass is 16.5. The molecule has 11 heavy (non-hydrogen) atoms. The van der Waals surface area contributed by atoms with E-state index in [1.165, 1.54) is 0 Å². The minimum Gasteiger partial charge on any atom is -0.379 e. The van der Waals surface area contributed by atoms with E-state index in [0.717, 1.165) is 39.4 Å².